The monoisotopic (exact) mass is 428 g/mol. The molecule has 0 aliphatic rings. The van der Waals surface area contributed by atoms with Gasteiger partial charge in [-0.05, 0) is 60.9 Å². The van der Waals surface area contributed by atoms with Crippen molar-refractivity contribution in [1.29, 1.82) is 0 Å². The van der Waals surface area contributed by atoms with Crippen LogP contribution in [0.5, 0.6) is 5.75 Å². The summed E-state index contributed by atoms with van der Waals surface area (Å²) in [7, 11) is 0. The van der Waals surface area contributed by atoms with Gasteiger partial charge in [0.25, 0.3) is 0 Å². The van der Waals surface area contributed by atoms with E-state index < -0.39 is 0 Å². The summed E-state index contributed by atoms with van der Waals surface area (Å²) in [4.78, 5) is 0. The SMILES string of the molecule is CCCCC(CC)COc1ccc(-c2nnc(-c3ccc(Br)cc3)o2)cc1. The molecule has 142 valence electrons. The molecule has 0 saturated carbocycles. The highest BCUT2D eigenvalue weighted by molar-refractivity contribution is 9.10. The first-order valence-electron chi connectivity index (χ1n) is 9.52. The molecule has 0 N–H and O–H groups in total. The van der Waals surface area contributed by atoms with Gasteiger partial charge in [-0.2, -0.15) is 0 Å². The molecular formula is C22H25BrN2O2. The van der Waals surface area contributed by atoms with Gasteiger partial charge in [-0.1, -0.05) is 49.0 Å². The van der Waals surface area contributed by atoms with Crippen LogP contribution in [0.3, 0.4) is 0 Å². The van der Waals surface area contributed by atoms with Crippen LogP contribution < -0.4 is 4.74 Å². The molecule has 27 heavy (non-hydrogen) atoms. The van der Waals surface area contributed by atoms with Gasteiger partial charge in [-0.15, -0.1) is 10.2 Å². The molecule has 5 heteroatoms. The van der Waals surface area contributed by atoms with Crippen LogP contribution in [-0.4, -0.2) is 16.8 Å². The zero-order chi connectivity index (χ0) is 19.1. The summed E-state index contributed by atoms with van der Waals surface area (Å²) in [6.45, 7) is 5.22. The van der Waals surface area contributed by atoms with E-state index in [4.69, 9.17) is 9.15 Å². The number of unbranched alkanes of at least 4 members (excludes halogenated alkanes) is 1. The molecule has 0 bridgehead atoms. The van der Waals surface area contributed by atoms with Crippen molar-refractivity contribution in [3.63, 3.8) is 0 Å². The summed E-state index contributed by atoms with van der Waals surface area (Å²) in [5, 5.41) is 8.32. The minimum absolute atomic E-state index is 0.508. The molecule has 3 aromatic rings. The van der Waals surface area contributed by atoms with E-state index in [2.05, 4.69) is 40.0 Å². The van der Waals surface area contributed by atoms with E-state index in [0.717, 1.165) is 34.4 Å². The van der Waals surface area contributed by atoms with Gasteiger partial charge in [0.1, 0.15) is 5.75 Å². The summed E-state index contributed by atoms with van der Waals surface area (Å²) in [5.41, 5.74) is 1.78. The molecule has 0 saturated heterocycles. The molecule has 0 aliphatic heterocycles. The zero-order valence-electron chi connectivity index (χ0n) is 15.8. The van der Waals surface area contributed by atoms with Crippen molar-refractivity contribution in [1.82, 2.24) is 10.2 Å². The Morgan fingerprint density at radius 1 is 0.926 bits per heavy atom. The summed E-state index contributed by atoms with van der Waals surface area (Å²) < 4.78 is 12.8. The van der Waals surface area contributed by atoms with Crippen molar-refractivity contribution in [2.45, 2.75) is 39.5 Å². The predicted molar refractivity (Wildman–Crippen MR) is 112 cm³/mol. The molecule has 1 heterocycles. The second-order valence-electron chi connectivity index (χ2n) is 6.67. The van der Waals surface area contributed by atoms with Crippen molar-refractivity contribution < 1.29 is 9.15 Å². The van der Waals surface area contributed by atoms with E-state index in [-0.39, 0.29) is 0 Å². The molecule has 1 unspecified atom stereocenters. The summed E-state index contributed by atoms with van der Waals surface area (Å²) >= 11 is 3.43. The van der Waals surface area contributed by atoms with E-state index >= 15 is 0 Å². The lowest BCUT2D eigenvalue weighted by Gasteiger charge is -2.15. The van der Waals surface area contributed by atoms with Gasteiger partial charge in [0.2, 0.25) is 11.8 Å². The van der Waals surface area contributed by atoms with E-state index in [0.29, 0.717) is 17.7 Å². The topological polar surface area (TPSA) is 48.2 Å². The van der Waals surface area contributed by atoms with Gasteiger partial charge in [0.05, 0.1) is 6.61 Å². The van der Waals surface area contributed by atoms with E-state index in [1.807, 2.05) is 48.5 Å². The molecule has 0 amide bonds. The Balaban J connectivity index is 1.63. The van der Waals surface area contributed by atoms with Gasteiger partial charge < -0.3 is 9.15 Å². The Morgan fingerprint density at radius 3 is 2.07 bits per heavy atom. The smallest absolute Gasteiger partial charge is 0.248 e. The second-order valence-corrected chi connectivity index (χ2v) is 7.59. The number of hydrogen-bond donors (Lipinski definition) is 0. The Morgan fingerprint density at radius 2 is 1.52 bits per heavy atom. The molecule has 1 atom stereocenters. The quantitative estimate of drug-likeness (QED) is 0.377. The van der Waals surface area contributed by atoms with Crippen LogP contribution in [0.2, 0.25) is 0 Å². The first kappa shape index (κ1) is 19.6. The highest BCUT2D eigenvalue weighted by Crippen LogP contribution is 2.26. The van der Waals surface area contributed by atoms with Crippen molar-refractivity contribution in [3.05, 3.63) is 53.0 Å². The lowest BCUT2D eigenvalue weighted by Crippen LogP contribution is -2.11. The van der Waals surface area contributed by atoms with Crippen LogP contribution in [0.15, 0.2) is 57.4 Å². The van der Waals surface area contributed by atoms with E-state index in [9.17, 15) is 0 Å². The van der Waals surface area contributed by atoms with Crippen LogP contribution in [0.4, 0.5) is 0 Å². The molecule has 0 radical (unpaired) electrons. The molecule has 2 aromatic carbocycles. The van der Waals surface area contributed by atoms with Crippen molar-refractivity contribution in [2.75, 3.05) is 6.61 Å². The molecule has 1 aromatic heterocycles. The van der Waals surface area contributed by atoms with Crippen LogP contribution in [0.1, 0.15) is 39.5 Å². The normalized spacial score (nSPS) is 12.1. The summed E-state index contributed by atoms with van der Waals surface area (Å²) in [6, 6.07) is 15.6. The number of rotatable bonds is 9. The van der Waals surface area contributed by atoms with E-state index in [1.165, 1.54) is 19.3 Å². The van der Waals surface area contributed by atoms with Crippen LogP contribution in [0, 0.1) is 5.92 Å². The number of ether oxygens (including phenoxy) is 1. The van der Waals surface area contributed by atoms with Gasteiger partial charge in [-0.3, -0.25) is 0 Å². The predicted octanol–water partition coefficient (Wildman–Crippen LogP) is 6.76. The summed E-state index contributed by atoms with van der Waals surface area (Å²) in [6.07, 6.45) is 4.88. The minimum atomic E-state index is 0.508. The first-order chi connectivity index (χ1) is 13.2. The fourth-order valence-electron chi connectivity index (χ4n) is 2.85. The van der Waals surface area contributed by atoms with E-state index in [1.54, 1.807) is 0 Å². The average Bonchev–Trinajstić information content (AvgIpc) is 3.19. The number of hydrogen-bond acceptors (Lipinski definition) is 4. The second kappa shape index (κ2) is 9.70. The van der Waals surface area contributed by atoms with Gasteiger partial charge in [0, 0.05) is 15.6 Å². The largest absolute Gasteiger partial charge is 0.493 e. The standard InChI is InChI=1S/C22H25BrN2O2/c1-3-5-6-16(4-2)15-26-20-13-9-18(10-14-20)22-25-24-21(27-22)17-7-11-19(23)12-8-17/h7-14,16H,3-6,15H2,1-2H3. The third kappa shape index (κ3) is 5.42. The van der Waals surface area contributed by atoms with Crippen LogP contribution in [-0.2, 0) is 0 Å². The van der Waals surface area contributed by atoms with Crippen molar-refractivity contribution >= 4 is 15.9 Å². The maximum Gasteiger partial charge on any atom is 0.248 e. The van der Waals surface area contributed by atoms with Gasteiger partial charge in [0.15, 0.2) is 0 Å². The maximum absolute atomic E-state index is 5.96. The lowest BCUT2D eigenvalue weighted by atomic mass is 10.0. The molecule has 0 spiro atoms. The van der Waals surface area contributed by atoms with Gasteiger partial charge in [-0.25, -0.2) is 0 Å². The highest BCUT2D eigenvalue weighted by Gasteiger charge is 2.11. The summed E-state index contributed by atoms with van der Waals surface area (Å²) in [5.74, 6) is 2.52. The number of benzene rings is 2. The number of halogens is 1. The first-order valence-corrected chi connectivity index (χ1v) is 10.3. The Hall–Kier alpha value is -2.14. The van der Waals surface area contributed by atoms with Crippen LogP contribution >= 0.6 is 15.9 Å². The average molecular weight is 429 g/mol. The number of aromatic nitrogens is 2. The van der Waals surface area contributed by atoms with Crippen molar-refractivity contribution in [3.8, 4) is 28.7 Å². The third-order valence-electron chi connectivity index (χ3n) is 4.65. The Kier molecular flexibility index (Phi) is 7.04. The van der Waals surface area contributed by atoms with Crippen LogP contribution in [0.25, 0.3) is 22.9 Å². The molecule has 0 aliphatic carbocycles. The fraction of sp³-hybridized carbons (Fsp3) is 0.364. The zero-order valence-corrected chi connectivity index (χ0v) is 17.4. The Labute approximate surface area is 169 Å². The molecule has 3 rings (SSSR count). The lowest BCUT2D eigenvalue weighted by molar-refractivity contribution is 0.233. The molecular weight excluding hydrogens is 404 g/mol. The fourth-order valence-corrected chi connectivity index (χ4v) is 3.12. The number of nitrogens with zero attached hydrogens (tertiary/aromatic N) is 2. The highest BCUT2D eigenvalue weighted by atomic mass is 79.9. The van der Waals surface area contributed by atoms with Crippen molar-refractivity contribution in [2.24, 2.45) is 5.92 Å². The minimum Gasteiger partial charge on any atom is -0.493 e. The molecule has 4 nitrogen and oxygen atoms in total. The Bertz CT molecular complexity index is 828. The van der Waals surface area contributed by atoms with Gasteiger partial charge >= 0.3 is 0 Å². The third-order valence-corrected chi connectivity index (χ3v) is 5.18. The maximum atomic E-state index is 5.96. The molecule has 0 fully saturated rings.